The lowest BCUT2D eigenvalue weighted by molar-refractivity contribution is -0.120. The summed E-state index contributed by atoms with van der Waals surface area (Å²) >= 11 is 1.79. The Labute approximate surface area is 201 Å². The summed E-state index contributed by atoms with van der Waals surface area (Å²) in [5.41, 5.74) is 2.32. The minimum atomic E-state index is -0.0616. The monoisotopic (exact) mass is 467 g/mol. The summed E-state index contributed by atoms with van der Waals surface area (Å²) in [5.74, 6) is 1.52. The molecule has 0 saturated heterocycles. The van der Waals surface area contributed by atoms with Crippen LogP contribution >= 0.6 is 11.3 Å². The number of fused-ring (bicyclic) bond motifs is 3. The van der Waals surface area contributed by atoms with Crippen LogP contribution in [0.4, 0.5) is 5.82 Å². The molecule has 0 radical (unpaired) electrons. The number of hydrogen-bond acceptors (Lipinski definition) is 6. The first kappa shape index (κ1) is 25.1. The quantitative estimate of drug-likeness (QED) is 0.424. The van der Waals surface area contributed by atoms with Crippen molar-refractivity contribution >= 4 is 39.5 Å². The van der Waals surface area contributed by atoms with E-state index in [1.165, 1.54) is 28.7 Å². The van der Waals surface area contributed by atoms with Crippen molar-refractivity contribution in [1.82, 2.24) is 15.3 Å². The Balaban J connectivity index is 1.69. The second-order valence-electron chi connectivity index (χ2n) is 8.64. The van der Waals surface area contributed by atoms with Gasteiger partial charge in [-0.3, -0.25) is 9.79 Å². The summed E-state index contributed by atoms with van der Waals surface area (Å²) in [6.45, 7) is 9.74. The highest BCUT2D eigenvalue weighted by Crippen LogP contribution is 2.39. The van der Waals surface area contributed by atoms with Crippen LogP contribution in [0.2, 0.25) is 0 Å². The highest BCUT2D eigenvalue weighted by atomic mass is 32.1. The molecule has 2 aromatic rings. The lowest BCUT2D eigenvalue weighted by atomic mass is 9.97. The number of anilines is 1. The zero-order valence-corrected chi connectivity index (χ0v) is 21.1. The summed E-state index contributed by atoms with van der Waals surface area (Å²) in [5, 5.41) is 4.19. The van der Waals surface area contributed by atoms with Crippen molar-refractivity contribution in [3.8, 4) is 0 Å². The van der Waals surface area contributed by atoms with E-state index in [1.807, 2.05) is 6.08 Å². The van der Waals surface area contributed by atoms with Gasteiger partial charge in [0.2, 0.25) is 5.91 Å². The van der Waals surface area contributed by atoms with Crippen molar-refractivity contribution in [2.24, 2.45) is 4.99 Å². The van der Waals surface area contributed by atoms with Gasteiger partial charge in [-0.05, 0) is 56.1 Å². The van der Waals surface area contributed by atoms with Gasteiger partial charge in [0.05, 0.1) is 11.8 Å². The Morgan fingerprint density at radius 2 is 2.09 bits per heavy atom. The van der Waals surface area contributed by atoms with E-state index in [2.05, 4.69) is 42.7 Å². The SMILES string of the molecule is C=C(C=N/C=C\CC)CCNC(=O)Cc1nc(N(C)CCCC)c2c3c(sc2n1)CCCC3. The van der Waals surface area contributed by atoms with E-state index in [0.717, 1.165) is 54.9 Å². The number of nitrogens with zero attached hydrogens (tertiary/aromatic N) is 4. The van der Waals surface area contributed by atoms with Crippen LogP contribution in [0.1, 0.15) is 68.6 Å². The molecule has 33 heavy (non-hydrogen) atoms. The molecular formula is C26H37N5OS. The number of allylic oxidation sites excluding steroid dienone is 1. The molecular weight excluding hydrogens is 430 g/mol. The van der Waals surface area contributed by atoms with E-state index in [1.54, 1.807) is 23.8 Å². The van der Waals surface area contributed by atoms with Crippen LogP contribution in [-0.2, 0) is 24.1 Å². The number of carbonyl (C=O) groups is 1. The Morgan fingerprint density at radius 1 is 1.27 bits per heavy atom. The number of aryl methyl sites for hydroxylation is 2. The van der Waals surface area contributed by atoms with Gasteiger partial charge in [-0.25, -0.2) is 9.97 Å². The van der Waals surface area contributed by atoms with E-state index < -0.39 is 0 Å². The summed E-state index contributed by atoms with van der Waals surface area (Å²) < 4.78 is 0. The van der Waals surface area contributed by atoms with Crippen LogP contribution in [0.25, 0.3) is 10.2 Å². The first-order valence-electron chi connectivity index (χ1n) is 12.2. The van der Waals surface area contributed by atoms with Crippen LogP contribution < -0.4 is 10.2 Å². The molecule has 0 atom stereocenters. The number of rotatable bonds is 12. The van der Waals surface area contributed by atoms with E-state index in [9.17, 15) is 4.79 Å². The van der Waals surface area contributed by atoms with E-state index in [0.29, 0.717) is 18.8 Å². The van der Waals surface area contributed by atoms with Crippen molar-refractivity contribution in [2.75, 3.05) is 25.0 Å². The second kappa shape index (κ2) is 12.6. The fourth-order valence-corrected chi connectivity index (χ4v) is 5.26. The molecule has 0 aromatic carbocycles. The molecule has 1 N–H and O–H groups in total. The van der Waals surface area contributed by atoms with Crippen molar-refractivity contribution < 1.29 is 4.79 Å². The van der Waals surface area contributed by atoms with Gasteiger partial charge < -0.3 is 10.2 Å². The average molecular weight is 468 g/mol. The number of thiophene rings is 1. The second-order valence-corrected chi connectivity index (χ2v) is 9.72. The van der Waals surface area contributed by atoms with Crippen LogP contribution in [0.5, 0.6) is 0 Å². The number of amides is 1. The first-order valence-corrected chi connectivity index (χ1v) is 13.0. The van der Waals surface area contributed by atoms with Gasteiger partial charge in [-0.2, -0.15) is 0 Å². The topological polar surface area (TPSA) is 70.5 Å². The maximum atomic E-state index is 12.6. The fourth-order valence-electron chi connectivity index (χ4n) is 3.99. The third-order valence-electron chi connectivity index (χ3n) is 5.82. The summed E-state index contributed by atoms with van der Waals surface area (Å²) in [7, 11) is 2.11. The van der Waals surface area contributed by atoms with E-state index in [-0.39, 0.29) is 12.3 Å². The molecule has 1 aliphatic rings. The van der Waals surface area contributed by atoms with Crippen molar-refractivity contribution in [1.29, 1.82) is 0 Å². The summed E-state index contributed by atoms with van der Waals surface area (Å²) in [6.07, 6.45) is 14.3. The summed E-state index contributed by atoms with van der Waals surface area (Å²) in [6, 6.07) is 0. The van der Waals surface area contributed by atoms with Crippen molar-refractivity contribution in [2.45, 2.75) is 71.6 Å². The minimum absolute atomic E-state index is 0.0616. The number of aromatic nitrogens is 2. The van der Waals surface area contributed by atoms with Crippen LogP contribution in [0, 0.1) is 0 Å². The zero-order valence-electron chi connectivity index (χ0n) is 20.3. The van der Waals surface area contributed by atoms with Crippen LogP contribution in [-0.4, -0.2) is 42.2 Å². The highest BCUT2D eigenvalue weighted by molar-refractivity contribution is 7.19. The van der Waals surface area contributed by atoms with E-state index >= 15 is 0 Å². The van der Waals surface area contributed by atoms with E-state index in [4.69, 9.17) is 9.97 Å². The average Bonchev–Trinajstić information content (AvgIpc) is 3.18. The summed E-state index contributed by atoms with van der Waals surface area (Å²) in [4.78, 5) is 31.2. The molecule has 3 rings (SSSR count). The predicted molar refractivity (Wildman–Crippen MR) is 141 cm³/mol. The Bertz CT molecular complexity index is 1020. The van der Waals surface area contributed by atoms with Gasteiger partial charge >= 0.3 is 0 Å². The van der Waals surface area contributed by atoms with Gasteiger partial charge in [-0.1, -0.05) is 32.9 Å². The minimum Gasteiger partial charge on any atom is -0.359 e. The van der Waals surface area contributed by atoms with Gasteiger partial charge in [0, 0.05) is 37.4 Å². The smallest absolute Gasteiger partial charge is 0.227 e. The standard InChI is InChI=1S/C26H37N5OS/c1-5-7-14-27-18-19(3)13-15-28-23(32)17-22-29-25(31(4)16-8-6-2)24-20-11-9-10-12-21(20)33-26(24)30-22/h7,14,18H,3,5-6,8-13,15-17H2,1-2,4H3,(H,28,32)/b14-7-,27-18?. The molecule has 0 saturated carbocycles. The Hall–Kier alpha value is -2.54. The van der Waals surface area contributed by atoms with Gasteiger partial charge in [0.25, 0.3) is 0 Å². The first-order chi connectivity index (χ1) is 16.0. The molecule has 6 nitrogen and oxygen atoms in total. The van der Waals surface area contributed by atoms with Crippen LogP contribution in [0.15, 0.2) is 29.4 Å². The van der Waals surface area contributed by atoms with Crippen molar-refractivity contribution in [3.63, 3.8) is 0 Å². The molecule has 0 bridgehead atoms. The molecule has 2 heterocycles. The number of carbonyl (C=O) groups excluding carboxylic acids is 1. The maximum absolute atomic E-state index is 12.6. The predicted octanol–water partition coefficient (Wildman–Crippen LogP) is 5.41. The van der Waals surface area contributed by atoms with Gasteiger partial charge in [0.1, 0.15) is 16.5 Å². The molecule has 0 spiro atoms. The lowest BCUT2D eigenvalue weighted by Gasteiger charge is -2.21. The molecule has 0 unspecified atom stereocenters. The Morgan fingerprint density at radius 3 is 2.88 bits per heavy atom. The fraction of sp³-hybridized carbons (Fsp3) is 0.538. The zero-order chi connectivity index (χ0) is 23.6. The number of hydrogen-bond donors (Lipinski definition) is 1. The Kier molecular flexibility index (Phi) is 9.61. The molecule has 0 aliphatic heterocycles. The number of nitrogens with one attached hydrogen (secondary N) is 1. The molecule has 178 valence electrons. The lowest BCUT2D eigenvalue weighted by Crippen LogP contribution is -2.28. The largest absolute Gasteiger partial charge is 0.359 e. The molecule has 1 amide bonds. The van der Waals surface area contributed by atoms with Crippen molar-refractivity contribution in [3.05, 3.63) is 40.7 Å². The molecule has 1 aliphatic carbocycles. The molecule has 2 aromatic heterocycles. The van der Waals surface area contributed by atoms with Crippen LogP contribution in [0.3, 0.4) is 0 Å². The van der Waals surface area contributed by atoms with Gasteiger partial charge in [0.15, 0.2) is 0 Å². The van der Waals surface area contributed by atoms with Gasteiger partial charge in [-0.15, -0.1) is 11.3 Å². The molecule has 7 heteroatoms. The third-order valence-corrected chi connectivity index (χ3v) is 7.01. The molecule has 0 fully saturated rings. The normalized spacial score (nSPS) is 13.7. The number of unbranched alkanes of at least 4 members (excludes halogenated alkanes) is 1. The number of aliphatic imine (C=N–C) groups is 1. The maximum Gasteiger partial charge on any atom is 0.227 e. The third kappa shape index (κ3) is 6.97. The highest BCUT2D eigenvalue weighted by Gasteiger charge is 2.23.